The van der Waals surface area contributed by atoms with Gasteiger partial charge in [0.2, 0.25) is 0 Å². The van der Waals surface area contributed by atoms with Crippen molar-refractivity contribution in [3.05, 3.63) is 0 Å². The van der Waals surface area contributed by atoms with E-state index >= 15 is 4.39 Å². The Kier molecular flexibility index (Phi) is 6.99. The molecule has 6 nitrogen and oxygen atoms in total. The van der Waals surface area contributed by atoms with Crippen molar-refractivity contribution in [3.8, 4) is 0 Å². The van der Waals surface area contributed by atoms with Crippen LogP contribution in [0.25, 0.3) is 0 Å². The molecule has 4 aliphatic carbocycles. The molecule has 186 valence electrons. The van der Waals surface area contributed by atoms with Crippen molar-refractivity contribution in [2.45, 2.75) is 106 Å². The predicted octanol–water partition coefficient (Wildman–Crippen LogP) is 3.05. The van der Waals surface area contributed by atoms with E-state index in [1.165, 1.54) is 0 Å². The number of aliphatic hydroxyl groups is 2. The summed E-state index contributed by atoms with van der Waals surface area (Å²) in [6.45, 7) is 7.49. The first-order valence-electron chi connectivity index (χ1n) is 13.1. The summed E-state index contributed by atoms with van der Waals surface area (Å²) < 4.78 is 22.2. The second-order valence-corrected chi connectivity index (χ2v) is 13.3. The number of carbonyl (C=O) groups excluding carboxylic acids is 3. The number of alkyl halides is 1. The number of ketones is 2. The molecular formula is C26H38FNaO6. The van der Waals surface area contributed by atoms with Gasteiger partial charge in [0.25, 0.3) is 0 Å². The average molecular weight is 489 g/mol. The molecule has 0 heterocycles. The van der Waals surface area contributed by atoms with Gasteiger partial charge in [-0.1, -0.05) is 0 Å². The summed E-state index contributed by atoms with van der Waals surface area (Å²) in [7, 11) is 0. The van der Waals surface area contributed by atoms with Gasteiger partial charge in [0.1, 0.15) is 0 Å². The van der Waals surface area contributed by atoms with Crippen molar-refractivity contribution in [1.82, 2.24) is 0 Å². The van der Waals surface area contributed by atoms with E-state index in [1.54, 1.807) is 0 Å². The van der Waals surface area contributed by atoms with Gasteiger partial charge in [0.05, 0.1) is 0 Å². The molecule has 1 unspecified atom stereocenters. The monoisotopic (exact) mass is 488 g/mol. The Labute approximate surface area is 219 Å². The number of halogens is 1. The number of fused-ring (bicyclic) bond motifs is 5. The maximum absolute atomic E-state index is 17.4. The zero-order chi connectivity index (χ0) is 25.3. The van der Waals surface area contributed by atoms with Gasteiger partial charge >= 0.3 is 220 Å². The van der Waals surface area contributed by atoms with Crippen LogP contribution in [0, 0.1) is 34.5 Å². The van der Waals surface area contributed by atoms with Crippen LogP contribution in [0.5, 0.6) is 0 Å². The van der Waals surface area contributed by atoms with Crippen molar-refractivity contribution < 1.29 is 33.7 Å². The summed E-state index contributed by atoms with van der Waals surface area (Å²) in [6.07, 6.45) is 2.25. The van der Waals surface area contributed by atoms with Crippen LogP contribution >= 0.6 is 0 Å². The van der Waals surface area contributed by atoms with E-state index < -0.39 is 55.1 Å². The number of esters is 1. The van der Waals surface area contributed by atoms with Crippen LogP contribution < -0.4 is 0 Å². The van der Waals surface area contributed by atoms with Crippen LogP contribution in [-0.4, -0.2) is 76.4 Å². The number of hydrogen-bond acceptors (Lipinski definition) is 6. The molecule has 0 bridgehead atoms. The molecule has 34 heavy (non-hydrogen) atoms. The minimum atomic E-state index is -1.87. The van der Waals surface area contributed by atoms with Gasteiger partial charge in [0, 0.05) is 0 Å². The second kappa shape index (κ2) is 8.90. The number of ether oxygens (including phenoxy) is 1. The fourth-order valence-electron chi connectivity index (χ4n) is 8.91. The van der Waals surface area contributed by atoms with Gasteiger partial charge in [-0.15, -0.1) is 0 Å². The molecule has 0 aromatic rings. The van der Waals surface area contributed by atoms with Gasteiger partial charge in [0.15, 0.2) is 0 Å². The van der Waals surface area contributed by atoms with E-state index in [2.05, 4.69) is 0 Å². The van der Waals surface area contributed by atoms with E-state index in [0.29, 0.717) is 44.9 Å². The molecule has 4 saturated carbocycles. The molecule has 4 fully saturated rings. The Morgan fingerprint density at radius 1 is 1.24 bits per heavy atom. The van der Waals surface area contributed by atoms with E-state index in [0.717, 1.165) is 0 Å². The standard InChI is InChI=1S/C26H38FO6.Na/c1-5-6-22(32)33-26(21(31)14-28)15(2)11-19-18-8-7-16-12-17(29)9-10-23(16,3)25(18,27)20(30)13-24(19,26)4;/h14-16,18-20,28,30H,5-13H2,1-4H3;/t15-,16+,18-,19-,20-,23-,24-,25-,26+;/m0./s1. The van der Waals surface area contributed by atoms with Crippen molar-refractivity contribution >= 4 is 45.5 Å². The maximum atomic E-state index is 17.4. The first kappa shape index (κ1) is 26.7. The number of aliphatic hydroxyl groups excluding tert-OH is 2. The molecule has 0 spiro atoms. The Bertz CT molecular complexity index is 879. The number of carbonyl (C=O) groups is 3. The molecule has 4 rings (SSSR count). The van der Waals surface area contributed by atoms with Gasteiger partial charge in [-0.2, -0.15) is 0 Å². The van der Waals surface area contributed by atoms with Gasteiger partial charge in [-0.3, -0.25) is 0 Å². The van der Waals surface area contributed by atoms with Crippen molar-refractivity contribution in [2.75, 3.05) is 0 Å². The molecule has 0 aromatic carbocycles. The summed E-state index contributed by atoms with van der Waals surface area (Å²) in [6, 6.07) is 0. The van der Waals surface area contributed by atoms with Gasteiger partial charge in [-0.25, -0.2) is 0 Å². The molecule has 8 heteroatoms. The summed E-state index contributed by atoms with van der Waals surface area (Å²) in [5.74, 6) is -2.07. The van der Waals surface area contributed by atoms with Crippen molar-refractivity contribution in [2.24, 2.45) is 34.5 Å². The predicted molar refractivity (Wildman–Crippen MR) is 124 cm³/mol. The Morgan fingerprint density at radius 3 is 2.53 bits per heavy atom. The number of Topliss-reactive ketones (excluding diaryl/α,β-unsaturated/α-hetero) is 2. The van der Waals surface area contributed by atoms with E-state index in [-0.39, 0.29) is 58.4 Å². The van der Waals surface area contributed by atoms with Crippen molar-refractivity contribution in [3.63, 3.8) is 0 Å². The van der Waals surface area contributed by atoms with Gasteiger partial charge < -0.3 is 0 Å². The molecule has 4 aliphatic rings. The third-order valence-corrected chi connectivity index (χ3v) is 11.1. The van der Waals surface area contributed by atoms with Crippen LogP contribution in [0.2, 0.25) is 0 Å². The molecular weight excluding hydrogens is 450 g/mol. The first-order valence-corrected chi connectivity index (χ1v) is 14.3. The summed E-state index contributed by atoms with van der Waals surface area (Å²) in [5, 5.41) is 22.0. The molecule has 0 saturated heterocycles. The van der Waals surface area contributed by atoms with E-state index in [9.17, 15) is 24.6 Å². The molecule has 0 aliphatic heterocycles. The normalized spacial score (nSPS) is 49.0. The van der Waals surface area contributed by atoms with Crippen molar-refractivity contribution in [1.29, 1.82) is 0 Å². The average Bonchev–Trinajstić information content (AvgIpc) is 2.96. The summed E-state index contributed by atoms with van der Waals surface area (Å²) in [4.78, 5) is 38.6. The first-order chi connectivity index (χ1) is 15.8. The quantitative estimate of drug-likeness (QED) is 0.456. The Morgan fingerprint density at radius 2 is 1.91 bits per heavy atom. The summed E-state index contributed by atoms with van der Waals surface area (Å²) in [5.41, 5.74) is -5.23. The third-order valence-electron chi connectivity index (χ3n) is 10.6. The molecule has 0 aromatic heterocycles. The van der Waals surface area contributed by atoms with Gasteiger partial charge in [-0.05, 0) is 0 Å². The fourth-order valence-corrected chi connectivity index (χ4v) is 9.34. The van der Waals surface area contributed by atoms with Crippen LogP contribution in [0.1, 0.15) is 85.5 Å². The molecule has 0 amide bonds. The van der Waals surface area contributed by atoms with Crippen LogP contribution in [0.4, 0.5) is 4.39 Å². The zero-order valence-electron chi connectivity index (χ0n) is 21.2. The number of hydrogen-bond donors (Lipinski definition) is 2. The molecule has 0 radical (unpaired) electrons. The van der Waals surface area contributed by atoms with E-state index in [1.807, 2.05) is 27.7 Å². The topological polar surface area (TPSA) is 101 Å². The Balaban J connectivity index is 1.81. The summed E-state index contributed by atoms with van der Waals surface area (Å²) >= 11 is 0.193. The third kappa shape index (κ3) is 3.39. The van der Waals surface area contributed by atoms with Crippen LogP contribution in [-0.2, 0) is 19.1 Å². The SMILES string of the molecule is CCCC(=O)O[C@@]1(C(=O)[CH](O)[Na])[C@@H](C)C[C@H]2[C@@H]3CC[C@@H]4CC(=O)CC[C@]4(C)[C@@]3(F)[C@@H](O)C[C@@]21C. The van der Waals surface area contributed by atoms with Crippen LogP contribution in [0.3, 0.4) is 0 Å². The minimum absolute atomic E-state index is 0.00924. The molecule has 10 atom stereocenters. The second-order valence-electron chi connectivity index (χ2n) is 12.2. The fraction of sp³-hybridized carbons (Fsp3) is 0.885. The van der Waals surface area contributed by atoms with Crippen LogP contribution in [0.15, 0.2) is 0 Å². The Hall–Kier alpha value is -0.340. The zero-order valence-corrected chi connectivity index (χ0v) is 23.2. The molecule has 2 N–H and O–H groups in total. The number of rotatable bonds is 5. The van der Waals surface area contributed by atoms with E-state index in [4.69, 9.17) is 4.74 Å².